The van der Waals surface area contributed by atoms with Crippen molar-refractivity contribution in [3.63, 3.8) is 0 Å². The van der Waals surface area contributed by atoms with Gasteiger partial charge >= 0.3 is 5.97 Å². The molecule has 0 spiro atoms. The molecule has 4 aromatic rings. The number of nitrogen functional groups attached to an aromatic ring is 1. The van der Waals surface area contributed by atoms with Gasteiger partial charge in [0, 0.05) is 39.8 Å². The van der Waals surface area contributed by atoms with Crippen LogP contribution in [-0.2, 0) is 0 Å². The first kappa shape index (κ1) is 21.2. The Labute approximate surface area is 196 Å². The molecular formula is C26H23ClN4O2. The van der Waals surface area contributed by atoms with Gasteiger partial charge in [-0.3, -0.25) is 4.98 Å². The van der Waals surface area contributed by atoms with Gasteiger partial charge in [-0.1, -0.05) is 42.6 Å². The van der Waals surface area contributed by atoms with E-state index in [4.69, 9.17) is 27.4 Å². The molecule has 2 heterocycles. The molecule has 2 aromatic carbocycles. The number of hydrogen-bond acceptors (Lipinski definition) is 4. The average molecular weight is 459 g/mol. The molecule has 0 bridgehead atoms. The largest absolute Gasteiger partial charge is 0.478 e. The molecule has 1 unspecified atom stereocenters. The van der Waals surface area contributed by atoms with Crippen molar-refractivity contribution in [1.29, 1.82) is 0 Å². The number of aromatic nitrogens is 3. The molecule has 3 N–H and O–H groups in total. The van der Waals surface area contributed by atoms with E-state index in [0.717, 1.165) is 34.5 Å². The molecule has 0 saturated heterocycles. The van der Waals surface area contributed by atoms with Crippen LogP contribution >= 0.6 is 11.6 Å². The van der Waals surface area contributed by atoms with Gasteiger partial charge in [-0.25, -0.2) is 9.78 Å². The van der Waals surface area contributed by atoms with Crippen LogP contribution in [0.25, 0.3) is 22.4 Å². The van der Waals surface area contributed by atoms with Crippen molar-refractivity contribution in [2.45, 2.75) is 25.3 Å². The Morgan fingerprint density at radius 2 is 1.85 bits per heavy atom. The number of anilines is 1. The molecule has 7 heteroatoms. The van der Waals surface area contributed by atoms with E-state index in [1.165, 1.54) is 12.8 Å². The fraction of sp³-hybridized carbons (Fsp3) is 0.192. The van der Waals surface area contributed by atoms with Crippen LogP contribution in [0.1, 0.15) is 41.4 Å². The van der Waals surface area contributed by atoms with E-state index in [1.807, 2.05) is 36.9 Å². The molecule has 0 radical (unpaired) electrons. The lowest BCUT2D eigenvalue weighted by molar-refractivity contribution is 0.0697. The maximum absolute atomic E-state index is 11.1. The normalized spacial score (nSPS) is 14.2. The number of halogens is 1. The zero-order chi connectivity index (χ0) is 22.9. The molecule has 1 saturated carbocycles. The quantitative estimate of drug-likeness (QED) is 0.334. The second-order valence-electron chi connectivity index (χ2n) is 8.49. The fourth-order valence-electron chi connectivity index (χ4n) is 4.04. The van der Waals surface area contributed by atoms with E-state index in [9.17, 15) is 4.79 Å². The summed E-state index contributed by atoms with van der Waals surface area (Å²) < 4.78 is 2.11. The topological polar surface area (TPSA) is 94.0 Å². The molecule has 1 aliphatic carbocycles. The molecular weight excluding hydrogens is 436 g/mol. The van der Waals surface area contributed by atoms with Gasteiger partial charge in [0.15, 0.2) is 0 Å². The molecule has 6 nitrogen and oxygen atoms in total. The summed E-state index contributed by atoms with van der Waals surface area (Å²) in [6.45, 7) is 0. The Morgan fingerprint density at radius 1 is 1.09 bits per heavy atom. The second-order valence-corrected chi connectivity index (χ2v) is 8.92. The van der Waals surface area contributed by atoms with E-state index in [1.54, 1.807) is 36.4 Å². The second kappa shape index (κ2) is 8.71. The van der Waals surface area contributed by atoms with Gasteiger partial charge in [-0.05, 0) is 48.7 Å². The summed E-state index contributed by atoms with van der Waals surface area (Å²) >= 11 is 6.15. The Bertz CT molecular complexity index is 1290. The summed E-state index contributed by atoms with van der Waals surface area (Å²) in [4.78, 5) is 20.5. The number of carboxylic acid groups (broad SMARTS) is 1. The predicted molar refractivity (Wildman–Crippen MR) is 129 cm³/mol. The minimum absolute atomic E-state index is 0.0720. The summed E-state index contributed by atoms with van der Waals surface area (Å²) in [6, 6.07) is 16.4. The number of carbonyl (C=O) groups is 1. The molecule has 166 valence electrons. The van der Waals surface area contributed by atoms with Crippen LogP contribution < -0.4 is 5.73 Å². The van der Waals surface area contributed by atoms with Gasteiger partial charge in [0.05, 0.1) is 29.3 Å². The molecule has 2 aromatic heterocycles. The predicted octanol–water partition coefficient (Wildman–Crippen LogP) is 5.94. The standard InChI is InChI=1S/C26H23ClN4O2/c27-20-8-9-22(28)21(12-20)19-7-10-23(29-13-19)25(11-16-1-2-16)31-14-24(30-15-31)17-3-5-18(6-4-17)26(32)33/h3-10,12-16,25H,1-2,11,28H2,(H,32,33). The molecule has 1 fully saturated rings. The van der Waals surface area contributed by atoms with Crippen LogP contribution in [-0.4, -0.2) is 25.6 Å². The van der Waals surface area contributed by atoms with E-state index in [2.05, 4.69) is 9.55 Å². The number of nitrogens with two attached hydrogens (primary N) is 1. The maximum Gasteiger partial charge on any atom is 0.335 e. The van der Waals surface area contributed by atoms with Gasteiger partial charge in [-0.2, -0.15) is 0 Å². The SMILES string of the molecule is Nc1ccc(Cl)cc1-c1ccc(C(CC2CC2)n2cnc(-c3ccc(C(=O)O)cc3)c2)nc1. The summed E-state index contributed by atoms with van der Waals surface area (Å²) in [7, 11) is 0. The number of carboxylic acids is 1. The highest BCUT2D eigenvalue weighted by Crippen LogP contribution is 2.39. The summed E-state index contributed by atoms with van der Waals surface area (Å²) in [5.41, 5.74) is 11.5. The van der Waals surface area contributed by atoms with Crippen LogP contribution in [0, 0.1) is 5.92 Å². The average Bonchev–Trinajstić information content (AvgIpc) is 3.52. The van der Waals surface area contributed by atoms with Crippen LogP contribution in [0.2, 0.25) is 5.02 Å². The number of imidazole rings is 1. The van der Waals surface area contributed by atoms with Crippen molar-refractivity contribution in [2.24, 2.45) is 5.92 Å². The Balaban J connectivity index is 1.43. The van der Waals surface area contributed by atoms with Gasteiger partial charge in [0.1, 0.15) is 0 Å². The van der Waals surface area contributed by atoms with Crippen molar-refractivity contribution in [3.05, 3.63) is 89.6 Å². The molecule has 0 aliphatic heterocycles. The van der Waals surface area contributed by atoms with Crippen molar-refractivity contribution >= 4 is 23.3 Å². The fourth-order valence-corrected chi connectivity index (χ4v) is 4.22. The first-order chi connectivity index (χ1) is 16.0. The van der Waals surface area contributed by atoms with Gasteiger partial charge < -0.3 is 15.4 Å². The summed E-state index contributed by atoms with van der Waals surface area (Å²) in [6.07, 6.45) is 9.17. The molecule has 33 heavy (non-hydrogen) atoms. The van der Waals surface area contributed by atoms with Crippen molar-refractivity contribution < 1.29 is 9.90 Å². The van der Waals surface area contributed by atoms with E-state index in [0.29, 0.717) is 16.6 Å². The van der Waals surface area contributed by atoms with Crippen molar-refractivity contribution in [3.8, 4) is 22.4 Å². The molecule has 5 rings (SSSR count). The number of nitrogens with zero attached hydrogens (tertiary/aromatic N) is 3. The van der Waals surface area contributed by atoms with Crippen molar-refractivity contribution in [2.75, 3.05) is 5.73 Å². The van der Waals surface area contributed by atoms with Gasteiger partial charge in [0.2, 0.25) is 0 Å². The van der Waals surface area contributed by atoms with Crippen LogP contribution in [0.15, 0.2) is 73.3 Å². The van der Waals surface area contributed by atoms with E-state index < -0.39 is 5.97 Å². The monoisotopic (exact) mass is 458 g/mol. The maximum atomic E-state index is 11.1. The minimum atomic E-state index is -0.939. The minimum Gasteiger partial charge on any atom is -0.478 e. The highest BCUT2D eigenvalue weighted by Gasteiger charge is 2.28. The van der Waals surface area contributed by atoms with Crippen LogP contribution in [0.4, 0.5) is 5.69 Å². The lowest BCUT2D eigenvalue weighted by Gasteiger charge is -2.18. The van der Waals surface area contributed by atoms with E-state index in [-0.39, 0.29) is 11.6 Å². The number of benzene rings is 2. The third-order valence-electron chi connectivity index (χ3n) is 6.10. The first-order valence-electron chi connectivity index (χ1n) is 10.9. The molecule has 1 atom stereocenters. The van der Waals surface area contributed by atoms with Crippen molar-refractivity contribution in [1.82, 2.24) is 14.5 Å². The third kappa shape index (κ3) is 4.61. The number of pyridine rings is 1. The number of hydrogen-bond donors (Lipinski definition) is 2. The Hall–Kier alpha value is -3.64. The summed E-state index contributed by atoms with van der Waals surface area (Å²) in [5.74, 6) is -0.244. The number of rotatable bonds is 7. The third-order valence-corrected chi connectivity index (χ3v) is 6.33. The smallest absolute Gasteiger partial charge is 0.335 e. The van der Waals surface area contributed by atoms with Gasteiger partial charge in [0.25, 0.3) is 0 Å². The Morgan fingerprint density at radius 3 is 2.52 bits per heavy atom. The molecule has 1 aliphatic rings. The van der Waals surface area contributed by atoms with Crippen LogP contribution in [0.5, 0.6) is 0 Å². The highest BCUT2D eigenvalue weighted by molar-refractivity contribution is 6.31. The Kier molecular flexibility index (Phi) is 5.60. The molecule has 0 amide bonds. The lowest BCUT2D eigenvalue weighted by Crippen LogP contribution is -2.11. The lowest BCUT2D eigenvalue weighted by atomic mass is 10.0. The zero-order valence-corrected chi connectivity index (χ0v) is 18.6. The summed E-state index contributed by atoms with van der Waals surface area (Å²) in [5, 5.41) is 9.76. The zero-order valence-electron chi connectivity index (χ0n) is 17.9. The first-order valence-corrected chi connectivity index (χ1v) is 11.2. The van der Waals surface area contributed by atoms with Crippen LogP contribution in [0.3, 0.4) is 0 Å². The van der Waals surface area contributed by atoms with Gasteiger partial charge in [-0.15, -0.1) is 0 Å². The number of aromatic carboxylic acids is 1. The van der Waals surface area contributed by atoms with E-state index >= 15 is 0 Å². The highest BCUT2D eigenvalue weighted by atomic mass is 35.5.